The van der Waals surface area contributed by atoms with Gasteiger partial charge in [0, 0.05) is 16.9 Å². The van der Waals surface area contributed by atoms with Gasteiger partial charge in [-0.3, -0.25) is 4.79 Å². The van der Waals surface area contributed by atoms with Crippen LogP contribution in [0, 0.1) is 0 Å². The number of aryl methyl sites for hydroxylation is 1. The lowest BCUT2D eigenvalue weighted by Gasteiger charge is -2.13. The zero-order valence-corrected chi connectivity index (χ0v) is 14.7. The largest absolute Gasteiger partial charge is 0.451 e. The summed E-state index contributed by atoms with van der Waals surface area (Å²) in [6.45, 7) is 1.66. The number of hydrogen-bond acceptors (Lipinski definition) is 3. The van der Waals surface area contributed by atoms with Crippen LogP contribution < -0.4 is 5.32 Å². The van der Waals surface area contributed by atoms with Crippen LogP contribution in [0.2, 0.25) is 0 Å². The molecule has 0 radical (unpaired) electrons. The van der Waals surface area contributed by atoms with Gasteiger partial charge in [-0.2, -0.15) is 0 Å². The first-order chi connectivity index (χ1) is 12.6. The molecule has 5 heteroatoms. The molecule has 3 aromatic rings. The van der Waals surface area contributed by atoms with E-state index in [0.29, 0.717) is 5.69 Å². The van der Waals surface area contributed by atoms with Crippen LogP contribution in [0.15, 0.2) is 60.7 Å². The number of esters is 1. The van der Waals surface area contributed by atoms with Gasteiger partial charge >= 0.3 is 5.97 Å². The second kappa shape index (κ2) is 8.34. The Morgan fingerprint density at radius 1 is 1.08 bits per heavy atom. The standard InChI is InChI=1S/C21H22N2O3/c1-15(11-12-16-7-3-2-4-8-16)22-20(24)14-26-21(25)19-13-17-9-5-6-10-18(17)23-19/h2-10,13,15,23H,11-12,14H2,1H3,(H,22,24)/t15-/m1/s1. The van der Waals surface area contributed by atoms with Gasteiger partial charge in [0.05, 0.1) is 0 Å². The number of carbonyl (C=O) groups is 2. The molecule has 1 aromatic heterocycles. The molecule has 0 saturated carbocycles. The fourth-order valence-electron chi connectivity index (χ4n) is 2.81. The van der Waals surface area contributed by atoms with Crippen molar-refractivity contribution in [3.63, 3.8) is 0 Å². The Hall–Kier alpha value is -3.08. The van der Waals surface area contributed by atoms with Gasteiger partial charge in [-0.05, 0) is 37.5 Å². The number of rotatable bonds is 7. The Labute approximate surface area is 152 Å². The van der Waals surface area contributed by atoms with Crippen LogP contribution in [-0.2, 0) is 16.0 Å². The van der Waals surface area contributed by atoms with Crippen molar-refractivity contribution in [3.05, 3.63) is 71.9 Å². The molecule has 0 unspecified atom stereocenters. The molecule has 0 spiro atoms. The third-order valence-corrected chi connectivity index (χ3v) is 4.20. The van der Waals surface area contributed by atoms with Crippen molar-refractivity contribution in [2.24, 2.45) is 0 Å². The third-order valence-electron chi connectivity index (χ3n) is 4.20. The van der Waals surface area contributed by atoms with E-state index in [1.165, 1.54) is 5.56 Å². The van der Waals surface area contributed by atoms with Crippen LogP contribution in [-0.4, -0.2) is 29.5 Å². The number of ether oxygens (including phenoxy) is 1. The molecule has 0 fully saturated rings. The van der Waals surface area contributed by atoms with Crippen LogP contribution in [0.4, 0.5) is 0 Å². The normalized spacial score (nSPS) is 11.9. The number of H-pyrrole nitrogens is 1. The zero-order chi connectivity index (χ0) is 18.4. The first-order valence-electron chi connectivity index (χ1n) is 8.70. The Morgan fingerprint density at radius 2 is 1.81 bits per heavy atom. The van der Waals surface area contributed by atoms with Gasteiger partial charge in [0.1, 0.15) is 5.69 Å². The van der Waals surface area contributed by atoms with Crippen LogP contribution in [0.3, 0.4) is 0 Å². The number of hydrogen-bond donors (Lipinski definition) is 2. The minimum atomic E-state index is -0.534. The molecule has 1 atom stereocenters. The molecule has 0 aliphatic heterocycles. The molecular formula is C21H22N2O3. The molecule has 3 rings (SSSR count). The predicted octanol–water partition coefficient (Wildman–Crippen LogP) is 3.46. The van der Waals surface area contributed by atoms with E-state index in [9.17, 15) is 9.59 Å². The summed E-state index contributed by atoms with van der Waals surface area (Å²) in [6.07, 6.45) is 1.71. The zero-order valence-electron chi connectivity index (χ0n) is 14.7. The van der Waals surface area contributed by atoms with Crippen molar-refractivity contribution >= 4 is 22.8 Å². The van der Waals surface area contributed by atoms with Gasteiger partial charge in [0.25, 0.3) is 5.91 Å². The lowest BCUT2D eigenvalue weighted by molar-refractivity contribution is -0.124. The van der Waals surface area contributed by atoms with Gasteiger partial charge < -0.3 is 15.0 Å². The average molecular weight is 350 g/mol. The number of fused-ring (bicyclic) bond motifs is 1. The molecule has 1 amide bonds. The summed E-state index contributed by atoms with van der Waals surface area (Å²) in [5.74, 6) is -0.830. The molecule has 5 nitrogen and oxygen atoms in total. The number of carbonyl (C=O) groups excluding carboxylic acids is 2. The highest BCUT2D eigenvalue weighted by Gasteiger charge is 2.14. The van der Waals surface area contributed by atoms with Crippen molar-refractivity contribution in [2.45, 2.75) is 25.8 Å². The van der Waals surface area contributed by atoms with Crippen molar-refractivity contribution in [1.82, 2.24) is 10.3 Å². The second-order valence-electron chi connectivity index (χ2n) is 6.34. The van der Waals surface area contributed by atoms with Crippen LogP contribution in [0.25, 0.3) is 10.9 Å². The van der Waals surface area contributed by atoms with Crippen molar-refractivity contribution in [3.8, 4) is 0 Å². The number of aromatic nitrogens is 1. The van der Waals surface area contributed by atoms with E-state index in [1.54, 1.807) is 6.07 Å². The topological polar surface area (TPSA) is 71.2 Å². The van der Waals surface area contributed by atoms with Gasteiger partial charge in [0.15, 0.2) is 6.61 Å². The van der Waals surface area contributed by atoms with E-state index in [2.05, 4.69) is 22.4 Å². The summed E-state index contributed by atoms with van der Waals surface area (Å²) < 4.78 is 5.10. The van der Waals surface area contributed by atoms with Crippen LogP contribution >= 0.6 is 0 Å². The highest BCUT2D eigenvalue weighted by atomic mass is 16.5. The molecule has 2 N–H and O–H groups in total. The van der Waals surface area contributed by atoms with E-state index in [1.807, 2.05) is 49.4 Å². The Kier molecular flexibility index (Phi) is 5.69. The summed E-state index contributed by atoms with van der Waals surface area (Å²) in [5.41, 5.74) is 2.44. The second-order valence-corrected chi connectivity index (χ2v) is 6.34. The Balaban J connectivity index is 1.43. The summed E-state index contributed by atoms with van der Waals surface area (Å²) in [7, 11) is 0. The molecule has 2 aromatic carbocycles. The number of nitrogens with one attached hydrogen (secondary N) is 2. The molecule has 134 valence electrons. The smallest absolute Gasteiger partial charge is 0.355 e. The Bertz CT molecular complexity index is 853. The lowest BCUT2D eigenvalue weighted by atomic mass is 10.1. The van der Waals surface area contributed by atoms with Crippen LogP contribution in [0.1, 0.15) is 29.4 Å². The molecule has 26 heavy (non-hydrogen) atoms. The van der Waals surface area contributed by atoms with E-state index < -0.39 is 5.97 Å². The quantitative estimate of drug-likeness (QED) is 0.641. The lowest BCUT2D eigenvalue weighted by Crippen LogP contribution is -2.36. The van der Waals surface area contributed by atoms with Crippen molar-refractivity contribution < 1.29 is 14.3 Å². The van der Waals surface area contributed by atoms with Gasteiger partial charge in [-0.25, -0.2) is 4.79 Å². The van der Waals surface area contributed by atoms with E-state index in [0.717, 1.165) is 23.7 Å². The highest BCUT2D eigenvalue weighted by molar-refractivity contribution is 5.95. The van der Waals surface area contributed by atoms with E-state index in [-0.39, 0.29) is 18.6 Å². The van der Waals surface area contributed by atoms with E-state index in [4.69, 9.17) is 4.74 Å². The first-order valence-corrected chi connectivity index (χ1v) is 8.70. The molecule has 0 saturated heterocycles. The van der Waals surface area contributed by atoms with Gasteiger partial charge in [-0.1, -0.05) is 48.5 Å². The Morgan fingerprint density at radius 3 is 2.58 bits per heavy atom. The maximum Gasteiger partial charge on any atom is 0.355 e. The number of para-hydroxylation sites is 1. The first kappa shape index (κ1) is 17.7. The molecule has 0 aliphatic carbocycles. The average Bonchev–Trinajstić information content (AvgIpc) is 3.09. The van der Waals surface area contributed by atoms with Crippen molar-refractivity contribution in [1.29, 1.82) is 0 Å². The fraction of sp³-hybridized carbons (Fsp3) is 0.238. The SMILES string of the molecule is C[C@H](CCc1ccccc1)NC(=O)COC(=O)c1cc2ccccc2[nH]1. The summed E-state index contributed by atoms with van der Waals surface area (Å²) in [5, 5.41) is 3.79. The van der Waals surface area contributed by atoms with Gasteiger partial charge in [0.2, 0.25) is 0 Å². The molecule has 0 aliphatic rings. The summed E-state index contributed by atoms with van der Waals surface area (Å²) >= 11 is 0. The summed E-state index contributed by atoms with van der Waals surface area (Å²) in [6, 6.07) is 19.4. The number of benzene rings is 2. The minimum Gasteiger partial charge on any atom is -0.451 e. The molecule has 1 heterocycles. The summed E-state index contributed by atoms with van der Waals surface area (Å²) in [4.78, 5) is 27.0. The highest BCUT2D eigenvalue weighted by Crippen LogP contribution is 2.15. The number of aromatic amines is 1. The monoisotopic (exact) mass is 350 g/mol. The van der Waals surface area contributed by atoms with Gasteiger partial charge in [-0.15, -0.1) is 0 Å². The molecular weight excluding hydrogens is 328 g/mol. The van der Waals surface area contributed by atoms with E-state index >= 15 is 0 Å². The van der Waals surface area contributed by atoms with Crippen molar-refractivity contribution in [2.75, 3.05) is 6.61 Å². The molecule has 0 bridgehead atoms. The maximum absolute atomic E-state index is 12.1. The predicted molar refractivity (Wildman–Crippen MR) is 101 cm³/mol. The fourth-order valence-corrected chi connectivity index (χ4v) is 2.81. The third kappa shape index (κ3) is 4.72. The number of amides is 1. The van der Waals surface area contributed by atoms with Crippen LogP contribution in [0.5, 0.6) is 0 Å². The maximum atomic E-state index is 12.1. The minimum absolute atomic E-state index is 0.00878.